The number of allylic oxidation sites excluding steroid dienone is 3. The van der Waals surface area contributed by atoms with Gasteiger partial charge in [0.1, 0.15) is 0 Å². The molecule has 1 aromatic rings. The Morgan fingerprint density at radius 2 is 1.83 bits per heavy atom. The molecule has 0 aromatic heterocycles. The van der Waals surface area contributed by atoms with Crippen molar-refractivity contribution in [2.75, 3.05) is 32.7 Å². The maximum absolute atomic E-state index is 6.96. The zero-order valence-corrected chi connectivity index (χ0v) is 14.4. The van der Waals surface area contributed by atoms with Gasteiger partial charge in [0.25, 0.3) is 0 Å². The quantitative estimate of drug-likeness (QED) is 0.779. The van der Waals surface area contributed by atoms with Crippen molar-refractivity contribution < 1.29 is 0 Å². The van der Waals surface area contributed by atoms with E-state index in [9.17, 15) is 0 Å². The van der Waals surface area contributed by atoms with E-state index in [0.29, 0.717) is 0 Å². The first-order chi connectivity index (χ1) is 11.2. The van der Waals surface area contributed by atoms with E-state index in [1.54, 1.807) is 0 Å². The van der Waals surface area contributed by atoms with E-state index in [1.807, 2.05) is 0 Å². The van der Waals surface area contributed by atoms with Crippen LogP contribution in [0.15, 0.2) is 48.6 Å². The van der Waals surface area contributed by atoms with Crippen LogP contribution in [0.4, 0.5) is 0 Å². The van der Waals surface area contributed by atoms with Gasteiger partial charge in [-0.1, -0.05) is 48.6 Å². The number of alkyl halides is 1. The molecule has 0 spiro atoms. The number of rotatable bonds is 3. The minimum Gasteiger partial charge on any atom is -0.302 e. The summed E-state index contributed by atoms with van der Waals surface area (Å²) in [6.07, 6.45) is 10.3. The lowest BCUT2D eigenvalue weighted by Crippen LogP contribution is -2.44. The van der Waals surface area contributed by atoms with E-state index in [4.69, 9.17) is 11.6 Å². The second kappa shape index (κ2) is 6.43. The smallest absolute Gasteiger partial charge is 0.0790 e. The Morgan fingerprint density at radius 1 is 1.04 bits per heavy atom. The fourth-order valence-corrected chi connectivity index (χ4v) is 4.42. The monoisotopic (exact) mass is 328 g/mol. The molecule has 3 heteroatoms. The van der Waals surface area contributed by atoms with Crippen LogP contribution in [0.1, 0.15) is 24.8 Å². The second-order valence-corrected chi connectivity index (χ2v) is 7.89. The Morgan fingerprint density at radius 3 is 2.52 bits per heavy atom. The first-order valence-electron chi connectivity index (χ1n) is 8.82. The molecule has 3 fully saturated rings. The summed E-state index contributed by atoms with van der Waals surface area (Å²) in [7, 11) is 0. The van der Waals surface area contributed by atoms with Gasteiger partial charge in [0.15, 0.2) is 0 Å². The van der Waals surface area contributed by atoms with E-state index >= 15 is 0 Å². The molecule has 3 saturated heterocycles. The lowest BCUT2D eigenvalue weighted by atomic mass is 9.91. The zero-order valence-electron chi connectivity index (χ0n) is 13.6. The standard InChI is InChI=1S/C20H25ClN2/c21-20(16-23-15-14-22-12-8-19(23)9-13-22)10-6-18(7-11-20)17-4-2-1-3-5-17/h1-7,10,19H,8-9,11-16H2. The first-order valence-corrected chi connectivity index (χ1v) is 9.20. The van der Waals surface area contributed by atoms with E-state index in [2.05, 4.69) is 58.4 Å². The van der Waals surface area contributed by atoms with Gasteiger partial charge in [-0.2, -0.15) is 0 Å². The molecule has 3 aliphatic heterocycles. The number of fused-ring (bicyclic) bond motifs is 4. The van der Waals surface area contributed by atoms with Crippen molar-refractivity contribution in [3.05, 3.63) is 54.1 Å². The molecule has 2 bridgehead atoms. The third-order valence-electron chi connectivity index (χ3n) is 5.57. The first kappa shape index (κ1) is 15.4. The van der Waals surface area contributed by atoms with Crippen molar-refractivity contribution in [1.29, 1.82) is 0 Å². The summed E-state index contributed by atoms with van der Waals surface area (Å²) in [6.45, 7) is 5.89. The number of nitrogens with zero attached hydrogens (tertiary/aromatic N) is 2. The van der Waals surface area contributed by atoms with Crippen molar-refractivity contribution in [3.63, 3.8) is 0 Å². The van der Waals surface area contributed by atoms with Crippen molar-refractivity contribution >= 4 is 17.2 Å². The maximum Gasteiger partial charge on any atom is 0.0790 e. The van der Waals surface area contributed by atoms with Gasteiger partial charge in [-0.3, -0.25) is 4.90 Å². The van der Waals surface area contributed by atoms with Crippen LogP contribution < -0.4 is 0 Å². The third kappa shape index (κ3) is 3.40. The second-order valence-electron chi connectivity index (χ2n) is 7.14. The average Bonchev–Trinajstić information content (AvgIpc) is 2.90. The fourth-order valence-electron chi connectivity index (χ4n) is 4.12. The number of benzene rings is 1. The highest BCUT2D eigenvalue weighted by Crippen LogP contribution is 2.34. The average molecular weight is 329 g/mol. The Hall–Kier alpha value is -1.09. The van der Waals surface area contributed by atoms with Crippen LogP contribution >= 0.6 is 11.6 Å². The van der Waals surface area contributed by atoms with E-state index in [0.717, 1.165) is 19.0 Å². The molecule has 0 N–H and O–H groups in total. The van der Waals surface area contributed by atoms with Gasteiger partial charge in [-0.25, -0.2) is 0 Å². The predicted octanol–water partition coefficient (Wildman–Crippen LogP) is 3.79. The normalized spacial score (nSPS) is 34.2. The minimum atomic E-state index is -0.240. The molecule has 1 aliphatic carbocycles. The molecule has 0 saturated carbocycles. The third-order valence-corrected chi connectivity index (χ3v) is 5.97. The number of piperidine rings is 1. The summed E-state index contributed by atoms with van der Waals surface area (Å²) < 4.78 is 0. The number of hydrogen-bond donors (Lipinski definition) is 0. The van der Waals surface area contributed by atoms with E-state index < -0.39 is 0 Å². The minimum absolute atomic E-state index is 0.240. The molecule has 0 radical (unpaired) electrons. The van der Waals surface area contributed by atoms with Gasteiger partial charge in [-0.15, -0.1) is 11.6 Å². The zero-order chi connectivity index (χ0) is 15.7. The molecule has 122 valence electrons. The van der Waals surface area contributed by atoms with Crippen LogP contribution in [0.25, 0.3) is 5.57 Å². The lowest BCUT2D eigenvalue weighted by molar-refractivity contribution is 0.174. The summed E-state index contributed by atoms with van der Waals surface area (Å²) in [4.78, 5) is 5.00. The summed E-state index contributed by atoms with van der Waals surface area (Å²) in [5.74, 6) is 0. The van der Waals surface area contributed by atoms with Gasteiger partial charge in [0.05, 0.1) is 4.87 Å². The SMILES string of the molecule is ClC1(CN2CCN3CCC2CC3)C=CC(c2ccccc2)=CC1. The molecule has 1 aromatic carbocycles. The van der Waals surface area contributed by atoms with E-state index in [-0.39, 0.29) is 4.87 Å². The van der Waals surface area contributed by atoms with Crippen LogP contribution in [0.5, 0.6) is 0 Å². The molecule has 2 nitrogen and oxygen atoms in total. The van der Waals surface area contributed by atoms with Crippen molar-refractivity contribution in [2.45, 2.75) is 30.2 Å². The van der Waals surface area contributed by atoms with Gasteiger partial charge in [0.2, 0.25) is 0 Å². The van der Waals surface area contributed by atoms with Crippen molar-refractivity contribution in [1.82, 2.24) is 9.80 Å². The van der Waals surface area contributed by atoms with E-state index in [1.165, 1.54) is 50.2 Å². The van der Waals surface area contributed by atoms with Crippen molar-refractivity contribution in [2.24, 2.45) is 0 Å². The largest absolute Gasteiger partial charge is 0.302 e. The molecular formula is C20H25ClN2. The van der Waals surface area contributed by atoms with Crippen LogP contribution in [0, 0.1) is 0 Å². The summed E-state index contributed by atoms with van der Waals surface area (Å²) >= 11 is 6.96. The molecule has 4 aliphatic rings. The lowest BCUT2D eigenvalue weighted by Gasteiger charge is -2.37. The molecule has 23 heavy (non-hydrogen) atoms. The Bertz CT molecular complexity index is 601. The fraction of sp³-hybridized carbons (Fsp3) is 0.500. The molecule has 0 amide bonds. The van der Waals surface area contributed by atoms with Gasteiger partial charge in [0, 0.05) is 25.7 Å². The number of halogens is 1. The molecule has 1 atom stereocenters. The molecule has 3 heterocycles. The molecule has 5 rings (SSSR count). The predicted molar refractivity (Wildman–Crippen MR) is 97.8 cm³/mol. The van der Waals surface area contributed by atoms with Gasteiger partial charge < -0.3 is 4.90 Å². The van der Waals surface area contributed by atoms with Gasteiger partial charge in [-0.05, 0) is 43.5 Å². The molecule has 1 unspecified atom stereocenters. The summed E-state index contributed by atoms with van der Waals surface area (Å²) in [6, 6.07) is 11.3. The maximum atomic E-state index is 6.96. The van der Waals surface area contributed by atoms with Crippen LogP contribution in [0.3, 0.4) is 0 Å². The highest BCUT2D eigenvalue weighted by atomic mass is 35.5. The Kier molecular flexibility index (Phi) is 4.31. The highest BCUT2D eigenvalue weighted by molar-refractivity contribution is 6.26. The van der Waals surface area contributed by atoms with Gasteiger partial charge >= 0.3 is 0 Å². The highest BCUT2D eigenvalue weighted by Gasteiger charge is 2.35. The molecular weight excluding hydrogens is 304 g/mol. The Balaban J connectivity index is 1.44. The Labute approximate surface area is 144 Å². The summed E-state index contributed by atoms with van der Waals surface area (Å²) in [5, 5.41) is 0. The van der Waals surface area contributed by atoms with Crippen LogP contribution in [-0.4, -0.2) is 53.4 Å². The summed E-state index contributed by atoms with van der Waals surface area (Å²) in [5.41, 5.74) is 2.58. The van der Waals surface area contributed by atoms with Crippen LogP contribution in [-0.2, 0) is 0 Å². The van der Waals surface area contributed by atoms with Crippen LogP contribution in [0.2, 0.25) is 0 Å². The number of hydrogen-bond acceptors (Lipinski definition) is 2. The topological polar surface area (TPSA) is 6.48 Å². The van der Waals surface area contributed by atoms with Crippen molar-refractivity contribution in [3.8, 4) is 0 Å².